The normalized spacial score (nSPS) is 22.2. The number of rotatable bonds is 3. The SMILES string of the molecule is O=C(NC1CCCCC1C(=O)O)c1ccc(I)c(O)c1. The van der Waals surface area contributed by atoms with Gasteiger partial charge in [0.2, 0.25) is 0 Å². The number of carbonyl (C=O) groups excluding carboxylic acids is 1. The quantitative estimate of drug-likeness (QED) is 0.693. The Bertz CT molecular complexity index is 532. The van der Waals surface area contributed by atoms with Crippen molar-refractivity contribution < 1.29 is 19.8 Å². The number of phenols is 1. The summed E-state index contributed by atoms with van der Waals surface area (Å²) in [5.74, 6) is -1.67. The molecule has 2 atom stereocenters. The van der Waals surface area contributed by atoms with Gasteiger partial charge in [-0.05, 0) is 53.6 Å². The van der Waals surface area contributed by atoms with Crippen LogP contribution in [0.2, 0.25) is 0 Å². The maximum absolute atomic E-state index is 12.1. The van der Waals surface area contributed by atoms with Crippen LogP contribution in [0.4, 0.5) is 0 Å². The van der Waals surface area contributed by atoms with Crippen LogP contribution in [0, 0.1) is 9.49 Å². The van der Waals surface area contributed by atoms with Crippen LogP contribution < -0.4 is 5.32 Å². The minimum absolute atomic E-state index is 0.0525. The molecule has 0 aliphatic heterocycles. The van der Waals surface area contributed by atoms with Crippen LogP contribution in [-0.4, -0.2) is 28.1 Å². The van der Waals surface area contributed by atoms with Crippen LogP contribution in [0.25, 0.3) is 0 Å². The van der Waals surface area contributed by atoms with Gasteiger partial charge in [-0.15, -0.1) is 0 Å². The molecule has 1 saturated carbocycles. The number of hydrogen-bond acceptors (Lipinski definition) is 3. The van der Waals surface area contributed by atoms with Crippen molar-refractivity contribution in [3.8, 4) is 5.75 Å². The van der Waals surface area contributed by atoms with Crippen LogP contribution in [0.3, 0.4) is 0 Å². The number of carboxylic acid groups (broad SMARTS) is 1. The van der Waals surface area contributed by atoms with Gasteiger partial charge in [-0.2, -0.15) is 0 Å². The summed E-state index contributed by atoms with van der Waals surface area (Å²) in [6.45, 7) is 0. The van der Waals surface area contributed by atoms with Crippen molar-refractivity contribution in [2.75, 3.05) is 0 Å². The fourth-order valence-corrected chi connectivity index (χ4v) is 2.84. The van der Waals surface area contributed by atoms with Gasteiger partial charge in [0.1, 0.15) is 5.75 Å². The predicted molar refractivity (Wildman–Crippen MR) is 81.7 cm³/mol. The molecule has 2 rings (SSSR count). The summed E-state index contributed by atoms with van der Waals surface area (Å²) in [4.78, 5) is 23.3. The van der Waals surface area contributed by atoms with E-state index in [-0.39, 0.29) is 17.7 Å². The van der Waals surface area contributed by atoms with E-state index in [1.54, 1.807) is 12.1 Å². The van der Waals surface area contributed by atoms with Crippen LogP contribution in [0.5, 0.6) is 5.75 Å². The number of phenolic OH excluding ortho intramolecular Hbond substituents is 1. The first kappa shape index (κ1) is 15.1. The van der Waals surface area contributed by atoms with Crippen LogP contribution in [-0.2, 0) is 4.79 Å². The molecule has 0 saturated heterocycles. The molecule has 0 aromatic heterocycles. The van der Waals surface area contributed by atoms with Gasteiger partial charge in [0.15, 0.2) is 0 Å². The highest BCUT2D eigenvalue weighted by atomic mass is 127. The van der Waals surface area contributed by atoms with E-state index < -0.39 is 11.9 Å². The van der Waals surface area contributed by atoms with Gasteiger partial charge in [-0.1, -0.05) is 12.8 Å². The molecule has 0 bridgehead atoms. The Balaban J connectivity index is 2.09. The molecule has 3 N–H and O–H groups in total. The lowest BCUT2D eigenvalue weighted by Gasteiger charge is -2.29. The van der Waals surface area contributed by atoms with Crippen molar-refractivity contribution in [1.82, 2.24) is 5.32 Å². The summed E-state index contributed by atoms with van der Waals surface area (Å²) in [5.41, 5.74) is 0.345. The minimum atomic E-state index is -0.861. The van der Waals surface area contributed by atoms with Crippen LogP contribution in [0.1, 0.15) is 36.0 Å². The molecular formula is C14H16INO4. The molecule has 20 heavy (non-hydrogen) atoms. The highest BCUT2D eigenvalue weighted by Gasteiger charge is 2.32. The van der Waals surface area contributed by atoms with E-state index in [1.165, 1.54) is 6.07 Å². The molecule has 108 valence electrons. The second-order valence-corrected chi connectivity index (χ2v) is 6.14. The fraction of sp³-hybridized carbons (Fsp3) is 0.429. The van der Waals surface area contributed by atoms with Crippen molar-refractivity contribution in [1.29, 1.82) is 0 Å². The number of halogens is 1. The van der Waals surface area contributed by atoms with Crippen molar-refractivity contribution >= 4 is 34.5 Å². The lowest BCUT2D eigenvalue weighted by Crippen LogP contribution is -2.45. The largest absolute Gasteiger partial charge is 0.507 e. The van der Waals surface area contributed by atoms with E-state index in [9.17, 15) is 19.8 Å². The van der Waals surface area contributed by atoms with Crippen molar-refractivity contribution in [3.05, 3.63) is 27.3 Å². The molecule has 1 aliphatic rings. The van der Waals surface area contributed by atoms with Gasteiger partial charge in [-0.3, -0.25) is 9.59 Å². The topological polar surface area (TPSA) is 86.6 Å². The third-order valence-electron chi connectivity index (χ3n) is 3.61. The zero-order valence-corrected chi connectivity index (χ0v) is 13.0. The van der Waals surface area contributed by atoms with Crippen molar-refractivity contribution in [2.24, 2.45) is 5.92 Å². The molecular weight excluding hydrogens is 373 g/mol. The third kappa shape index (κ3) is 3.41. The van der Waals surface area contributed by atoms with E-state index in [0.717, 1.165) is 12.8 Å². The molecule has 1 fully saturated rings. The molecule has 1 aliphatic carbocycles. The van der Waals surface area contributed by atoms with E-state index in [1.807, 2.05) is 22.6 Å². The van der Waals surface area contributed by atoms with Crippen molar-refractivity contribution in [2.45, 2.75) is 31.7 Å². The summed E-state index contributed by atoms with van der Waals surface area (Å²) in [7, 11) is 0. The Kier molecular flexibility index (Phi) is 4.85. The Hall–Kier alpha value is -1.31. The summed E-state index contributed by atoms with van der Waals surface area (Å²) >= 11 is 1.97. The zero-order chi connectivity index (χ0) is 14.7. The molecule has 2 unspecified atom stereocenters. The van der Waals surface area contributed by atoms with Gasteiger partial charge < -0.3 is 15.5 Å². The maximum atomic E-state index is 12.1. The molecule has 1 aromatic carbocycles. The maximum Gasteiger partial charge on any atom is 0.308 e. The van der Waals surface area contributed by atoms with Gasteiger partial charge in [0.05, 0.1) is 9.49 Å². The number of carbonyl (C=O) groups is 2. The first-order chi connectivity index (χ1) is 9.49. The highest BCUT2D eigenvalue weighted by molar-refractivity contribution is 14.1. The molecule has 0 spiro atoms. The second-order valence-electron chi connectivity index (χ2n) is 4.98. The highest BCUT2D eigenvalue weighted by Crippen LogP contribution is 2.25. The second kappa shape index (κ2) is 6.43. The van der Waals surface area contributed by atoms with E-state index in [0.29, 0.717) is 22.0 Å². The zero-order valence-electron chi connectivity index (χ0n) is 10.8. The molecule has 0 radical (unpaired) electrons. The number of aliphatic carboxylic acids is 1. The standard InChI is InChI=1S/C14H16INO4/c15-10-6-5-8(7-12(10)17)13(18)16-11-4-2-1-3-9(11)14(19)20/h5-7,9,11,17H,1-4H2,(H,16,18)(H,19,20). The Morgan fingerprint density at radius 2 is 1.95 bits per heavy atom. The number of benzene rings is 1. The molecule has 1 aromatic rings. The molecule has 5 nitrogen and oxygen atoms in total. The number of carboxylic acids is 1. The monoisotopic (exact) mass is 389 g/mol. The van der Waals surface area contributed by atoms with Gasteiger partial charge in [0, 0.05) is 11.6 Å². The van der Waals surface area contributed by atoms with Crippen molar-refractivity contribution in [3.63, 3.8) is 0 Å². The number of aromatic hydroxyl groups is 1. The van der Waals surface area contributed by atoms with E-state index >= 15 is 0 Å². The van der Waals surface area contributed by atoms with Crippen LogP contribution >= 0.6 is 22.6 Å². The summed E-state index contributed by atoms with van der Waals surface area (Å²) in [5, 5.41) is 21.6. The average Bonchev–Trinajstić information content (AvgIpc) is 2.42. The molecule has 1 amide bonds. The summed E-state index contributed by atoms with van der Waals surface area (Å²) in [6, 6.07) is 4.33. The van der Waals surface area contributed by atoms with E-state index in [4.69, 9.17) is 0 Å². The third-order valence-corrected chi connectivity index (χ3v) is 4.52. The average molecular weight is 389 g/mol. The lowest BCUT2D eigenvalue weighted by atomic mass is 9.84. The lowest BCUT2D eigenvalue weighted by molar-refractivity contribution is -0.143. The Morgan fingerprint density at radius 1 is 1.25 bits per heavy atom. The number of hydrogen-bond donors (Lipinski definition) is 3. The first-order valence-corrected chi connectivity index (χ1v) is 7.59. The summed E-state index contributed by atoms with van der Waals surface area (Å²) < 4.78 is 0.667. The molecule has 0 heterocycles. The number of amides is 1. The van der Waals surface area contributed by atoms with Gasteiger partial charge in [-0.25, -0.2) is 0 Å². The Morgan fingerprint density at radius 3 is 2.60 bits per heavy atom. The predicted octanol–water partition coefficient (Wildman–Crippen LogP) is 2.37. The minimum Gasteiger partial charge on any atom is -0.507 e. The number of nitrogens with one attached hydrogen (secondary N) is 1. The van der Waals surface area contributed by atoms with Gasteiger partial charge in [0.25, 0.3) is 5.91 Å². The first-order valence-electron chi connectivity index (χ1n) is 6.51. The Labute approximate surface area is 130 Å². The smallest absolute Gasteiger partial charge is 0.308 e. The summed E-state index contributed by atoms with van der Waals surface area (Å²) in [6.07, 6.45) is 3.08. The van der Waals surface area contributed by atoms with Crippen LogP contribution in [0.15, 0.2) is 18.2 Å². The molecule has 6 heteroatoms. The van der Waals surface area contributed by atoms with E-state index in [2.05, 4.69) is 5.32 Å². The fourth-order valence-electron chi connectivity index (χ4n) is 2.50. The van der Waals surface area contributed by atoms with Gasteiger partial charge >= 0.3 is 5.97 Å².